The van der Waals surface area contributed by atoms with Crippen LogP contribution in [0.15, 0.2) is 18.2 Å². The van der Waals surface area contributed by atoms with Crippen LogP contribution in [0, 0.1) is 52.0 Å². The summed E-state index contributed by atoms with van der Waals surface area (Å²) < 4.78 is 58.0. The average Bonchev–Trinajstić information content (AvgIpc) is 2.97. The third-order valence-electron chi connectivity index (χ3n) is 6.35. The number of hydrogen-bond donors (Lipinski definition) is 7. The van der Waals surface area contributed by atoms with Gasteiger partial charge in [0, 0.05) is 16.2 Å². The van der Waals surface area contributed by atoms with Gasteiger partial charge in [-0.1, -0.05) is 0 Å². The largest absolute Gasteiger partial charge is 0.396 e. The number of nitrogen functional groups attached to an aromatic ring is 4. The molecule has 5 rings (SSSR count). The van der Waals surface area contributed by atoms with Crippen LogP contribution >= 0.6 is 0 Å². The van der Waals surface area contributed by atoms with E-state index in [1.807, 2.05) is 11.5 Å². The number of fused-ring (bicyclic) bond motifs is 6. The van der Waals surface area contributed by atoms with E-state index in [1.165, 1.54) is 24.3 Å². The van der Waals surface area contributed by atoms with Gasteiger partial charge in [0.1, 0.15) is 46.4 Å². The second kappa shape index (κ2) is 9.99. The van der Waals surface area contributed by atoms with Crippen LogP contribution in [-0.2, 0) is 0 Å². The van der Waals surface area contributed by atoms with E-state index in [-0.39, 0.29) is 50.8 Å². The first-order chi connectivity index (χ1) is 20.4. The molecule has 0 aliphatic carbocycles. The molecule has 0 amide bonds. The highest BCUT2D eigenvalue weighted by molar-refractivity contribution is 6.23. The first-order valence-corrected chi connectivity index (χ1v) is 11.7. The Hall–Kier alpha value is -6.80. The second-order valence-electron chi connectivity index (χ2n) is 8.89. The standard InChI is InChI=1S/C26H15F4N13/c27-16-14(13(34)5-32)17(28)19(30)15(18(16)29)26(38)43-39-6-8-2-9-10-3-12(33)25(37)42-21(10)22-11(20(9)40-24(8)36)1-7(4-31)23(35)41-22/h1-3H,(H12,33,34,35,36,37,38,40,41,42,43)/p+1. The number of nitrogens with zero attached hydrogens (tertiary/aromatic N) is 6. The Morgan fingerprint density at radius 2 is 1.21 bits per heavy atom. The summed E-state index contributed by atoms with van der Waals surface area (Å²) in [7, 11) is 0. The highest BCUT2D eigenvalue weighted by atomic mass is 19.2. The van der Waals surface area contributed by atoms with E-state index in [1.54, 1.807) is 0 Å². The summed E-state index contributed by atoms with van der Waals surface area (Å²) in [6.07, 6.45) is 0. The maximum Gasteiger partial charge on any atom is 0.361 e. The smallest absolute Gasteiger partial charge is 0.361 e. The fourth-order valence-electron chi connectivity index (χ4n) is 4.30. The Labute approximate surface area is 236 Å². The quantitative estimate of drug-likeness (QED) is 0.0616. The van der Waals surface area contributed by atoms with Crippen molar-refractivity contribution < 1.29 is 17.6 Å². The number of nitrogens with one attached hydrogen (secondary N) is 1. The maximum absolute atomic E-state index is 14.6. The molecule has 2 aromatic carbocycles. The molecule has 13 N–H and O–H groups in total. The molecule has 0 saturated carbocycles. The molecule has 0 saturated heterocycles. The highest BCUT2D eigenvalue weighted by Gasteiger charge is 2.23. The predicted octanol–water partition coefficient (Wildman–Crippen LogP) is 0.589. The molecule has 0 aliphatic heterocycles. The molecule has 3 heterocycles. The zero-order valence-corrected chi connectivity index (χ0v) is 21.4. The van der Waals surface area contributed by atoms with Crippen LogP contribution in [0.25, 0.3) is 49.2 Å². The number of rotatable bonds is 1. The molecule has 5 aromatic rings. The molecular formula is C26H16F4N13+. The minimum absolute atomic E-state index is 0.0124. The van der Waals surface area contributed by atoms with Gasteiger partial charge in [-0.15, -0.1) is 0 Å². The normalized spacial score (nSPS) is 10.7. The summed E-state index contributed by atoms with van der Waals surface area (Å²) in [6, 6.07) is 10.0. The Morgan fingerprint density at radius 1 is 0.698 bits per heavy atom. The number of nitrogens with two attached hydrogens (primary N) is 6. The zero-order chi connectivity index (χ0) is 31.3. The van der Waals surface area contributed by atoms with E-state index >= 15 is 0 Å². The average molecular weight is 586 g/mol. The third kappa shape index (κ3) is 4.28. The predicted molar refractivity (Wildman–Crippen MR) is 151 cm³/mol. The molecule has 0 spiro atoms. The lowest BCUT2D eigenvalue weighted by Gasteiger charge is -2.12. The van der Waals surface area contributed by atoms with Crippen LogP contribution in [0.2, 0.25) is 0 Å². The zero-order valence-electron chi connectivity index (χ0n) is 21.4. The fourth-order valence-corrected chi connectivity index (χ4v) is 4.30. The van der Waals surface area contributed by atoms with Gasteiger partial charge in [-0.2, -0.15) is 10.5 Å². The lowest BCUT2D eigenvalue weighted by molar-refractivity contribution is 0.433. The van der Waals surface area contributed by atoms with Crippen LogP contribution in [0.1, 0.15) is 11.1 Å². The summed E-state index contributed by atoms with van der Waals surface area (Å²) in [5, 5.41) is 16.7. The number of nitriles is 2. The van der Waals surface area contributed by atoms with Crippen LogP contribution in [0.5, 0.6) is 0 Å². The molecule has 0 bridgehead atoms. The molecular weight excluding hydrogens is 570 g/mol. The molecule has 0 aliphatic rings. The van der Waals surface area contributed by atoms with Crippen molar-refractivity contribution >= 4 is 67.4 Å². The van der Waals surface area contributed by atoms with E-state index in [4.69, 9.17) is 39.7 Å². The Kier molecular flexibility index (Phi) is 6.45. The van der Waals surface area contributed by atoms with Crippen LogP contribution in [-0.4, -0.2) is 15.0 Å². The lowest BCUT2D eigenvalue weighted by Crippen LogP contribution is -2.36. The number of halogens is 4. The number of benzene rings is 2. The minimum Gasteiger partial charge on any atom is -0.396 e. The van der Waals surface area contributed by atoms with Gasteiger partial charge in [-0.25, -0.2) is 32.5 Å². The van der Waals surface area contributed by atoms with Crippen LogP contribution in [0.4, 0.5) is 40.7 Å². The van der Waals surface area contributed by atoms with E-state index in [0.29, 0.717) is 16.2 Å². The fraction of sp³-hybridized carbons (Fsp3) is 0. The van der Waals surface area contributed by atoms with E-state index in [0.717, 1.165) is 0 Å². The Bertz CT molecular complexity index is 2330. The lowest BCUT2D eigenvalue weighted by atomic mass is 10.0. The van der Waals surface area contributed by atoms with Crippen molar-refractivity contribution in [2.45, 2.75) is 0 Å². The first-order valence-electron chi connectivity index (χ1n) is 11.7. The Balaban J connectivity index is 1.73. The number of anilines is 4. The summed E-state index contributed by atoms with van der Waals surface area (Å²) in [6.45, 7) is 0. The minimum atomic E-state index is -1.93. The maximum atomic E-state index is 14.6. The molecule has 43 heavy (non-hydrogen) atoms. The summed E-state index contributed by atoms with van der Waals surface area (Å²) in [5.74, 6) is -8.85. The second-order valence-corrected chi connectivity index (χ2v) is 8.89. The van der Waals surface area contributed by atoms with Gasteiger partial charge >= 0.3 is 6.07 Å². The van der Waals surface area contributed by atoms with Gasteiger partial charge in [-0.3, -0.25) is 0 Å². The monoisotopic (exact) mass is 586 g/mol. The van der Waals surface area contributed by atoms with Crippen LogP contribution in [0.3, 0.4) is 0 Å². The van der Waals surface area contributed by atoms with Crippen molar-refractivity contribution in [2.75, 3.05) is 22.9 Å². The van der Waals surface area contributed by atoms with E-state index < -0.39 is 45.2 Å². The molecule has 3 aromatic heterocycles. The topological polar surface area (TPSA) is 259 Å². The van der Waals surface area contributed by atoms with Crippen molar-refractivity contribution in [1.29, 1.82) is 10.5 Å². The van der Waals surface area contributed by atoms with E-state index in [2.05, 4.69) is 26.0 Å². The summed E-state index contributed by atoms with van der Waals surface area (Å²) >= 11 is 0. The van der Waals surface area contributed by atoms with Crippen molar-refractivity contribution in [2.24, 2.45) is 11.5 Å². The Morgan fingerprint density at radius 3 is 1.84 bits per heavy atom. The van der Waals surface area contributed by atoms with Gasteiger partial charge in [0.05, 0.1) is 37.7 Å². The molecule has 0 fully saturated rings. The number of pyridine rings is 3. The summed E-state index contributed by atoms with van der Waals surface area (Å²) in [4.78, 5) is 16.7. The molecule has 13 nitrogen and oxygen atoms in total. The third-order valence-corrected chi connectivity index (χ3v) is 6.35. The molecule has 0 atom stereocenters. The summed E-state index contributed by atoms with van der Waals surface area (Å²) in [5.41, 5.74) is 36.8. The number of hydrogen-bond acceptors (Lipinski definition) is 12. The van der Waals surface area contributed by atoms with Gasteiger partial charge < -0.3 is 34.4 Å². The highest BCUT2D eigenvalue weighted by Crippen LogP contribution is 2.36. The molecule has 0 radical (unpaired) electrons. The van der Waals surface area contributed by atoms with Gasteiger partial charge in [-0.05, 0) is 23.6 Å². The first kappa shape index (κ1) is 27.8. The molecule has 212 valence electrons. The van der Waals surface area contributed by atoms with Gasteiger partial charge in [0.2, 0.25) is 0 Å². The molecule has 0 unspecified atom stereocenters. The van der Waals surface area contributed by atoms with Crippen molar-refractivity contribution in [3.8, 4) is 18.2 Å². The van der Waals surface area contributed by atoms with Crippen molar-refractivity contribution in [3.63, 3.8) is 0 Å². The van der Waals surface area contributed by atoms with Crippen LogP contribution < -0.4 is 50.3 Å². The van der Waals surface area contributed by atoms with Crippen molar-refractivity contribution in [3.05, 3.63) is 68.0 Å². The van der Waals surface area contributed by atoms with Crippen molar-refractivity contribution in [1.82, 2.24) is 20.4 Å². The van der Waals surface area contributed by atoms with E-state index in [9.17, 15) is 22.8 Å². The van der Waals surface area contributed by atoms with Gasteiger partial charge in [0.15, 0.2) is 29.1 Å². The SMILES string of the molecule is N#CC(N)=c1c(F)c(F)c(=C(N)N[N+]#Cc2cc3c4cc(N)c(N)nc4c4nc(N)c(C#N)cc4c3nc2N)c(F)c1F. The number of aromatic nitrogens is 3. The molecule has 17 heteroatoms. The van der Waals surface area contributed by atoms with Gasteiger partial charge in [0.25, 0.3) is 0 Å².